The highest BCUT2D eigenvalue weighted by molar-refractivity contribution is 6.34. The summed E-state index contributed by atoms with van der Waals surface area (Å²) < 4.78 is 70.5. The van der Waals surface area contributed by atoms with E-state index in [1.807, 2.05) is 0 Å². The molecule has 1 aromatic heterocycles. The van der Waals surface area contributed by atoms with Crippen LogP contribution in [0.4, 0.5) is 22.0 Å². The number of nitrogens with zero attached hydrogens (tertiary/aromatic N) is 2. The lowest BCUT2D eigenvalue weighted by molar-refractivity contribution is -0.137. The predicted octanol–water partition coefficient (Wildman–Crippen LogP) is 5.75. The predicted molar refractivity (Wildman–Crippen MR) is 110 cm³/mol. The highest BCUT2D eigenvalue weighted by atomic mass is 35.5. The van der Waals surface area contributed by atoms with Crippen LogP contribution in [0.25, 0.3) is 22.2 Å². The van der Waals surface area contributed by atoms with E-state index in [9.17, 15) is 36.6 Å². The van der Waals surface area contributed by atoms with Crippen molar-refractivity contribution >= 4 is 34.4 Å². The van der Waals surface area contributed by atoms with Gasteiger partial charge in [-0.3, -0.25) is 4.79 Å². The summed E-state index contributed by atoms with van der Waals surface area (Å²) in [6.07, 6.45) is -4.96. The standard InChI is InChI=1S/C22H10ClF5N2O4/c23-12-4-1-3-11(22(26,27)28)17(12)20(32)30-15-6-2-5-13(24)18(15)19(29-30)9-8-16(31)10(21(33)34)7-14(9)25/h1-8,31H,(H,33,34). The van der Waals surface area contributed by atoms with Crippen LogP contribution in [0.5, 0.6) is 5.75 Å². The number of carboxylic acids is 1. The van der Waals surface area contributed by atoms with Crippen molar-refractivity contribution < 1.29 is 41.8 Å². The Morgan fingerprint density at radius 1 is 1.00 bits per heavy atom. The summed E-state index contributed by atoms with van der Waals surface area (Å²) in [5, 5.41) is 21.8. The van der Waals surface area contributed by atoms with Crippen molar-refractivity contribution in [3.63, 3.8) is 0 Å². The zero-order chi connectivity index (χ0) is 24.9. The van der Waals surface area contributed by atoms with Crippen LogP contribution in [0.2, 0.25) is 5.02 Å². The molecule has 0 spiro atoms. The quantitative estimate of drug-likeness (QED) is 0.353. The van der Waals surface area contributed by atoms with Crippen LogP contribution in [0.1, 0.15) is 26.3 Å². The van der Waals surface area contributed by atoms with Gasteiger partial charge in [-0.05, 0) is 36.4 Å². The first-order valence-corrected chi connectivity index (χ1v) is 9.63. The maximum absolute atomic E-state index is 14.8. The van der Waals surface area contributed by atoms with Crippen LogP contribution in [0, 0.1) is 11.6 Å². The molecule has 0 unspecified atom stereocenters. The van der Waals surface area contributed by atoms with Crippen LogP contribution in [-0.2, 0) is 6.18 Å². The Balaban J connectivity index is 2.02. The van der Waals surface area contributed by atoms with E-state index in [2.05, 4.69) is 5.10 Å². The molecule has 4 rings (SSSR count). The lowest BCUT2D eigenvalue weighted by Gasteiger charge is -2.13. The number of fused-ring (bicyclic) bond motifs is 1. The number of alkyl halides is 3. The van der Waals surface area contributed by atoms with Crippen LogP contribution in [-0.4, -0.2) is 31.9 Å². The molecule has 0 radical (unpaired) electrons. The van der Waals surface area contributed by atoms with Gasteiger partial charge in [0.1, 0.15) is 28.6 Å². The molecule has 0 amide bonds. The van der Waals surface area contributed by atoms with Gasteiger partial charge in [0.25, 0.3) is 5.91 Å². The third-order valence-electron chi connectivity index (χ3n) is 4.95. The average Bonchev–Trinajstić information content (AvgIpc) is 3.14. The SMILES string of the molecule is O=C(O)c1cc(F)c(-c2nn(C(=O)c3c(Cl)cccc3C(F)(F)F)c3cccc(F)c23)cc1O. The number of carboxylic acid groups (broad SMARTS) is 1. The third-order valence-corrected chi connectivity index (χ3v) is 5.27. The maximum atomic E-state index is 14.8. The summed E-state index contributed by atoms with van der Waals surface area (Å²) in [4.78, 5) is 24.3. The average molecular weight is 497 g/mol. The van der Waals surface area contributed by atoms with Crippen molar-refractivity contribution in [2.45, 2.75) is 6.18 Å². The number of aromatic nitrogens is 2. The summed E-state index contributed by atoms with van der Waals surface area (Å²) in [7, 11) is 0. The summed E-state index contributed by atoms with van der Waals surface area (Å²) in [6, 6.07) is 7.09. The van der Waals surface area contributed by atoms with Crippen LogP contribution < -0.4 is 0 Å². The van der Waals surface area contributed by atoms with Gasteiger partial charge in [0.05, 0.1) is 27.1 Å². The number of rotatable bonds is 3. The fraction of sp³-hybridized carbons (Fsp3) is 0.0455. The molecule has 6 nitrogen and oxygen atoms in total. The van der Waals surface area contributed by atoms with Crippen LogP contribution in [0.15, 0.2) is 48.5 Å². The Morgan fingerprint density at radius 2 is 1.68 bits per heavy atom. The molecule has 34 heavy (non-hydrogen) atoms. The molecule has 0 aliphatic heterocycles. The number of carbonyl (C=O) groups is 2. The first kappa shape index (κ1) is 23.2. The van der Waals surface area contributed by atoms with E-state index in [4.69, 9.17) is 16.7 Å². The first-order chi connectivity index (χ1) is 15.9. The lowest BCUT2D eigenvalue weighted by atomic mass is 10.0. The highest BCUT2D eigenvalue weighted by Crippen LogP contribution is 2.38. The largest absolute Gasteiger partial charge is 0.507 e. The molecular weight excluding hydrogens is 487 g/mol. The molecule has 3 aromatic carbocycles. The number of phenols is 1. The highest BCUT2D eigenvalue weighted by Gasteiger charge is 2.37. The maximum Gasteiger partial charge on any atom is 0.417 e. The molecule has 12 heteroatoms. The summed E-state index contributed by atoms with van der Waals surface area (Å²) in [5.41, 5.74) is -4.55. The molecule has 0 bridgehead atoms. The number of carbonyl (C=O) groups excluding carboxylic acids is 1. The van der Waals surface area contributed by atoms with Crippen molar-refractivity contribution in [3.05, 3.63) is 81.9 Å². The van der Waals surface area contributed by atoms with Gasteiger partial charge in [0.15, 0.2) is 0 Å². The van der Waals surface area contributed by atoms with Crippen LogP contribution in [0.3, 0.4) is 0 Å². The second kappa shape index (κ2) is 8.10. The molecular formula is C22H10ClF5N2O4. The van der Waals surface area contributed by atoms with E-state index in [-0.39, 0.29) is 5.52 Å². The van der Waals surface area contributed by atoms with Gasteiger partial charge in [-0.25, -0.2) is 13.6 Å². The number of hydrogen-bond acceptors (Lipinski definition) is 4. The fourth-order valence-electron chi connectivity index (χ4n) is 3.47. The minimum atomic E-state index is -4.96. The molecule has 0 saturated carbocycles. The van der Waals surface area contributed by atoms with Crippen molar-refractivity contribution in [2.24, 2.45) is 0 Å². The van der Waals surface area contributed by atoms with E-state index in [1.54, 1.807) is 0 Å². The first-order valence-electron chi connectivity index (χ1n) is 9.25. The molecule has 0 fully saturated rings. The summed E-state index contributed by atoms with van der Waals surface area (Å²) in [5.74, 6) is -6.11. The van der Waals surface area contributed by atoms with Gasteiger partial charge in [-0.1, -0.05) is 23.7 Å². The zero-order valence-electron chi connectivity index (χ0n) is 16.5. The number of benzene rings is 3. The number of aromatic carboxylic acids is 1. The van der Waals surface area contributed by atoms with Gasteiger partial charge in [-0.2, -0.15) is 23.0 Å². The lowest BCUT2D eigenvalue weighted by Crippen LogP contribution is -2.20. The van der Waals surface area contributed by atoms with E-state index >= 15 is 0 Å². The molecule has 0 saturated heterocycles. The Hall–Kier alpha value is -3.99. The zero-order valence-corrected chi connectivity index (χ0v) is 17.2. The number of hydrogen-bond donors (Lipinski definition) is 2. The second-order valence-corrected chi connectivity index (χ2v) is 7.42. The second-order valence-electron chi connectivity index (χ2n) is 7.01. The van der Waals surface area contributed by atoms with Gasteiger partial charge in [-0.15, -0.1) is 0 Å². The van der Waals surface area contributed by atoms with Crippen molar-refractivity contribution in [1.82, 2.24) is 9.78 Å². The third kappa shape index (κ3) is 3.73. The molecule has 0 aliphatic carbocycles. The van der Waals surface area contributed by atoms with Crippen molar-refractivity contribution in [1.29, 1.82) is 0 Å². The Bertz CT molecular complexity index is 1500. The Labute approximate surface area is 191 Å². The van der Waals surface area contributed by atoms with Gasteiger partial charge >= 0.3 is 12.1 Å². The number of halogens is 6. The van der Waals surface area contributed by atoms with E-state index < -0.39 is 73.8 Å². The molecule has 0 atom stereocenters. The number of aromatic hydroxyl groups is 1. The molecule has 4 aromatic rings. The van der Waals surface area contributed by atoms with Crippen LogP contribution >= 0.6 is 11.6 Å². The normalized spacial score (nSPS) is 11.7. The minimum absolute atomic E-state index is 0.311. The molecule has 0 aliphatic rings. The monoisotopic (exact) mass is 496 g/mol. The topological polar surface area (TPSA) is 92.4 Å². The summed E-state index contributed by atoms with van der Waals surface area (Å²) >= 11 is 5.89. The fourth-order valence-corrected chi connectivity index (χ4v) is 3.72. The van der Waals surface area contributed by atoms with E-state index in [0.717, 1.165) is 24.3 Å². The van der Waals surface area contributed by atoms with Gasteiger partial charge < -0.3 is 10.2 Å². The molecule has 1 heterocycles. The Kier molecular flexibility index (Phi) is 5.52. The van der Waals surface area contributed by atoms with Gasteiger partial charge in [0, 0.05) is 5.56 Å². The molecule has 174 valence electrons. The Morgan fingerprint density at radius 3 is 2.32 bits per heavy atom. The van der Waals surface area contributed by atoms with E-state index in [0.29, 0.717) is 22.9 Å². The van der Waals surface area contributed by atoms with Crippen molar-refractivity contribution in [2.75, 3.05) is 0 Å². The van der Waals surface area contributed by atoms with Gasteiger partial charge in [0.2, 0.25) is 0 Å². The van der Waals surface area contributed by atoms with Crippen molar-refractivity contribution in [3.8, 4) is 17.0 Å². The smallest absolute Gasteiger partial charge is 0.417 e. The molecule has 2 N–H and O–H groups in total. The van der Waals surface area contributed by atoms with E-state index in [1.165, 1.54) is 6.07 Å². The summed E-state index contributed by atoms with van der Waals surface area (Å²) in [6.45, 7) is 0. The minimum Gasteiger partial charge on any atom is -0.507 e.